The topological polar surface area (TPSA) is 97.5 Å². The van der Waals surface area contributed by atoms with E-state index in [2.05, 4.69) is 0 Å². The lowest BCUT2D eigenvalue weighted by atomic mass is 9.98. The second-order valence-corrected chi connectivity index (χ2v) is 5.14. The van der Waals surface area contributed by atoms with E-state index in [-0.39, 0.29) is 0 Å². The second kappa shape index (κ2) is 5.31. The van der Waals surface area contributed by atoms with Crippen molar-refractivity contribution in [3.05, 3.63) is 0 Å². The molecule has 0 saturated heterocycles. The minimum Gasteiger partial charge on any atom is -0.369 e. The molecule has 1 amide bonds. The number of hydrogen-bond acceptors (Lipinski definition) is 3. The van der Waals surface area contributed by atoms with Gasteiger partial charge in [-0.3, -0.25) is 9.35 Å². The average Bonchev–Trinajstić information content (AvgIpc) is 2.02. The van der Waals surface area contributed by atoms with Crippen molar-refractivity contribution < 1.29 is 17.8 Å². The molecule has 0 fully saturated rings. The third kappa shape index (κ3) is 4.06. The van der Waals surface area contributed by atoms with Crippen LogP contribution in [0.25, 0.3) is 0 Å². The fourth-order valence-electron chi connectivity index (χ4n) is 1.24. The molecule has 2 atom stereocenters. The van der Waals surface area contributed by atoms with Crippen molar-refractivity contribution in [1.82, 2.24) is 0 Å². The maximum atomic E-state index is 10.9. The monoisotopic (exact) mass is 223 g/mol. The van der Waals surface area contributed by atoms with Gasteiger partial charge in [-0.05, 0) is 13.3 Å². The smallest absolute Gasteiger partial charge is 0.268 e. The summed E-state index contributed by atoms with van der Waals surface area (Å²) in [5, 5.41) is -1.12. The van der Waals surface area contributed by atoms with Crippen LogP contribution >= 0.6 is 0 Å². The Morgan fingerprint density at radius 1 is 1.50 bits per heavy atom. The Labute approximate surface area is 84.4 Å². The molecule has 0 spiro atoms. The molecule has 0 aromatic rings. The quantitative estimate of drug-likeness (QED) is 0.643. The highest BCUT2D eigenvalue weighted by atomic mass is 32.2. The summed E-state index contributed by atoms with van der Waals surface area (Å²) in [7, 11) is -4.18. The van der Waals surface area contributed by atoms with Crippen LogP contribution in [0.5, 0.6) is 0 Å². The molecule has 5 nitrogen and oxygen atoms in total. The minimum absolute atomic E-state index is 0.396. The molecule has 0 aromatic heterocycles. The summed E-state index contributed by atoms with van der Waals surface area (Å²) in [4.78, 5) is 10.9. The predicted molar refractivity (Wildman–Crippen MR) is 53.2 cm³/mol. The van der Waals surface area contributed by atoms with Gasteiger partial charge in [0.05, 0.1) is 11.2 Å². The number of amides is 1. The van der Waals surface area contributed by atoms with Gasteiger partial charge in [-0.15, -0.1) is 0 Å². The zero-order valence-electron chi connectivity index (χ0n) is 8.43. The molecule has 3 N–H and O–H groups in total. The third-order valence-electron chi connectivity index (χ3n) is 2.27. The van der Waals surface area contributed by atoms with E-state index >= 15 is 0 Å². The zero-order chi connectivity index (χ0) is 11.4. The molecule has 0 bridgehead atoms. The number of carbonyl (C=O) groups excluding carboxylic acids is 1. The van der Waals surface area contributed by atoms with Crippen molar-refractivity contribution in [3.8, 4) is 0 Å². The number of carbonyl (C=O) groups is 1. The molecule has 0 radical (unpaired) electrons. The van der Waals surface area contributed by atoms with Gasteiger partial charge < -0.3 is 5.73 Å². The van der Waals surface area contributed by atoms with Gasteiger partial charge >= 0.3 is 0 Å². The Balaban J connectivity index is 4.58. The average molecular weight is 223 g/mol. The number of hydrogen-bond donors (Lipinski definition) is 2. The van der Waals surface area contributed by atoms with Crippen LogP contribution in [0.2, 0.25) is 0 Å². The summed E-state index contributed by atoms with van der Waals surface area (Å²) in [5.41, 5.74) is 5.06. The highest BCUT2D eigenvalue weighted by Crippen LogP contribution is 2.17. The maximum Gasteiger partial charge on any atom is 0.268 e. The lowest BCUT2D eigenvalue weighted by molar-refractivity contribution is -0.122. The van der Waals surface area contributed by atoms with Crippen molar-refractivity contribution in [2.45, 2.75) is 38.4 Å². The number of unbranched alkanes of at least 4 members (excludes halogenated alkanes) is 1. The van der Waals surface area contributed by atoms with Crippen molar-refractivity contribution in [3.63, 3.8) is 0 Å². The molecule has 0 heterocycles. The van der Waals surface area contributed by atoms with Crippen LogP contribution in [-0.2, 0) is 14.9 Å². The Morgan fingerprint density at radius 2 is 2.00 bits per heavy atom. The zero-order valence-corrected chi connectivity index (χ0v) is 9.25. The Morgan fingerprint density at radius 3 is 2.29 bits per heavy atom. The number of rotatable bonds is 6. The normalized spacial score (nSPS) is 16.2. The summed E-state index contributed by atoms with van der Waals surface area (Å²) in [6, 6.07) is 0. The van der Waals surface area contributed by atoms with Crippen LogP contribution in [0.3, 0.4) is 0 Å². The van der Waals surface area contributed by atoms with Gasteiger partial charge in [0.15, 0.2) is 0 Å². The van der Waals surface area contributed by atoms with E-state index in [1.807, 2.05) is 6.92 Å². The maximum absolute atomic E-state index is 10.9. The van der Waals surface area contributed by atoms with Gasteiger partial charge in [0, 0.05) is 0 Å². The third-order valence-corrected chi connectivity index (χ3v) is 3.54. The molecular weight excluding hydrogens is 206 g/mol. The highest BCUT2D eigenvalue weighted by Gasteiger charge is 2.31. The summed E-state index contributed by atoms with van der Waals surface area (Å²) in [6.07, 6.45) is 1.96. The van der Waals surface area contributed by atoms with Crippen molar-refractivity contribution >= 4 is 16.0 Å². The van der Waals surface area contributed by atoms with E-state index in [0.717, 1.165) is 6.42 Å². The molecule has 14 heavy (non-hydrogen) atoms. The van der Waals surface area contributed by atoms with E-state index in [4.69, 9.17) is 10.3 Å². The van der Waals surface area contributed by atoms with Crippen LogP contribution in [-0.4, -0.2) is 24.1 Å². The molecule has 84 valence electrons. The van der Waals surface area contributed by atoms with Crippen molar-refractivity contribution in [2.75, 3.05) is 0 Å². The van der Waals surface area contributed by atoms with E-state index < -0.39 is 27.2 Å². The minimum atomic E-state index is -4.18. The first-order valence-electron chi connectivity index (χ1n) is 4.56. The fourth-order valence-corrected chi connectivity index (χ4v) is 1.93. The SMILES string of the molecule is CCCCC(C(N)=O)C(C)S(=O)(=O)O. The molecule has 0 aliphatic carbocycles. The molecule has 0 rings (SSSR count). The molecule has 0 aromatic carbocycles. The van der Waals surface area contributed by atoms with E-state index in [1.54, 1.807) is 0 Å². The van der Waals surface area contributed by atoms with Gasteiger partial charge in [-0.1, -0.05) is 19.8 Å². The first-order chi connectivity index (χ1) is 6.30. The van der Waals surface area contributed by atoms with Gasteiger partial charge in [-0.25, -0.2) is 0 Å². The fraction of sp³-hybridized carbons (Fsp3) is 0.875. The Hall–Kier alpha value is -0.620. The van der Waals surface area contributed by atoms with Gasteiger partial charge in [0.1, 0.15) is 0 Å². The predicted octanol–water partition coefficient (Wildman–Crippen LogP) is 0.554. The second-order valence-electron chi connectivity index (χ2n) is 3.37. The molecule has 2 unspecified atom stereocenters. The highest BCUT2D eigenvalue weighted by molar-refractivity contribution is 7.86. The Kier molecular flexibility index (Phi) is 5.07. The summed E-state index contributed by atoms with van der Waals surface area (Å²) < 4.78 is 30.3. The van der Waals surface area contributed by atoms with E-state index in [0.29, 0.717) is 12.8 Å². The Bertz CT molecular complexity index is 286. The van der Waals surface area contributed by atoms with Crippen LogP contribution in [0.1, 0.15) is 33.1 Å². The first-order valence-corrected chi connectivity index (χ1v) is 6.06. The lowest BCUT2D eigenvalue weighted by Gasteiger charge is -2.17. The van der Waals surface area contributed by atoms with Crippen LogP contribution in [0.15, 0.2) is 0 Å². The summed E-state index contributed by atoms with van der Waals surface area (Å²) >= 11 is 0. The van der Waals surface area contributed by atoms with Crippen molar-refractivity contribution in [1.29, 1.82) is 0 Å². The van der Waals surface area contributed by atoms with Gasteiger partial charge in [0.25, 0.3) is 10.1 Å². The molecular formula is C8H17NO4S. The molecule has 6 heteroatoms. The van der Waals surface area contributed by atoms with E-state index in [1.165, 1.54) is 6.92 Å². The summed E-state index contributed by atoms with van der Waals surface area (Å²) in [6.45, 7) is 3.22. The van der Waals surface area contributed by atoms with Crippen LogP contribution in [0.4, 0.5) is 0 Å². The molecule has 0 saturated carbocycles. The van der Waals surface area contributed by atoms with Crippen LogP contribution < -0.4 is 5.73 Å². The number of nitrogens with two attached hydrogens (primary N) is 1. The van der Waals surface area contributed by atoms with Crippen molar-refractivity contribution in [2.24, 2.45) is 11.7 Å². The van der Waals surface area contributed by atoms with Crippen LogP contribution in [0, 0.1) is 5.92 Å². The van der Waals surface area contributed by atoms with Gasteiger partial charge in [0.2, 0.25) is 5.91 Å². The first kappa shape index (κ1) is 13.4. The van der Waals surface area contributed by atoms with E-state index in [9.17, 15) is 13.2 Å². The standard InChI is InChI=1S/C8H17NO4S/c1-3-4-5-7(8(9)10)6(2)14(11,12)13/h6-7H,3-5H2,1-2H3,(H2,9,10)(H,11,12,13). The lowest BCUT2D eigenvalue weighted by Crippen LogP contribution is -2.36. The molecule has 0 aliphatic heterocycles. The largest absolute Gasteiger partial charge is 0.369 e. The molecule has 0 aliphatic rings. The summed E-state index contributed by atoms with van der Waals surface area (Å²) in [5.74, 6) is -1.48. The van der Waals surface area contributed by atoms with Gasteiger partial charge in [-0.2, -0.15) is 8.42 Å². The number of primary amides is 1.